The van der Waals surface area contributed by atoms with Gasteiger partial charge in [-0.25, -0.2) is 0 Å². The Hall–Kier alpha value is -1.10. The summed E-state index contributed by atoms with van der Waals surface area (Å²) in [5.74, 6) is -0.750. The normalized spacial score (nSPS) is 16.3. The lowest BCUT2D eigenvalue weighted by molar-refractivity contribution is -0.150. The van der Waals surface area contributed by atoms with Crippen molar-refractivity contribution >= 4 is 11.9 Å². The van der Waals surface area contributed by atoms with Gasteiger partial charge in [0, 0.05) is 13.1 Å². The molecule has 0 saturated heterocycles. The molecule has 5 nitrogen and oxygen atoms in total. The molecular formula is C10H18N2O3. The molecule has 0 radical (unpaired) electrons. The number of nitrogens with one attached hydrogen (secondary N) is 1. The highest BCUT2D eigenvalue weighted by atomic mass is 16.5. The number of hydrogen-bond donors (Lipinski definition) is 2. The first kappa shape index (κ1) is 12.0. The summed E-state index contributed by atoms with van der Waals surface area (Å²) in [5, 5.41) is 2.52. The van der Waals surface area contributed by atoms with Crippen LogP contribution in [0.3, 0.4) is 0 Å². The van der Waals surface area contributed by atoms with Crippen LogP contribution in [0.2, 0.25) is 0 Å². The molecule has 1 aliphatic carbocycles. The zero-order valence-electron chi connectivity index (χ0n) is 8.83. The van der Waals surface area contributed by atoms with Gasteiger partial charge in [-0.15, -0.1) is 0 Å². The van der Waals surface area contributed by atoms with Crippen molar-refractivity contribution in [2.45, 2.75) is 38.2 Å². The molecule has 1 amide bonds. The second-order valence-electron chi connectivity index (χ2n) is 3.71. The van der Waals surface area contributed by atoms with Crippen LogP contribution in [0.5, 0.6) is 0 Å². The maximum absolute atomic E-state index is 11.3. The summed E-state index contributed by atoms with van der Waals surface area (Å²) in [4.78, 5) is 22.4. The molecule has 15 heavy (non-hydrogen) atoms. The molecule has 0 heterocycles. The molecule has 86 valence electrons. The topological polar surface area (TPSA) is 81.4 Å². The highest BCUT2D eigenvalue weighted by molar-refractivity contribution is 5.94. The fourth-order valence-electron chi connectivity index (χ4n) is 1.64. The van der Waals surface area contributed by atoms with Gasteiger partial charge in [0.1, 0.15) is 12.5 Å². The molecule has 0 aromatic carbocycles. The molecule has 5 heteroatoms. The third-order valence-electron chi connectivity index (χ3n) is 2.37. The predicted molar refractivity (Wildman–Crippen MR) is 55.0 cm³/mol. The molecule has 0 spiro atoms. The molecule has 0 aromatic heterocycles. The zero-order valence-corrected chi connectivity index (χ0v) is 8.83. The van der Waals surface area contributed by atoms with Crippen molar-refractivity contribution in [3.63, 3.8) is 0 Å². The average Bonchev–Trinajstić information content (AvgIpc) is 2.67. The number of carbonyl (C=O) groups excluding carboxylic acids is 2. The van der Waals surface area contributed by atoms with Crippen molar-refractivity contribution in [2.24, 2.45) is 5.73 Å². The van der Waals surface area contributed by atoms with Crippen molar-refractivity contribution in [2.75, 3.05) is 13.1 Å². The van der Waals surface area contributed by atoms with E-state index < -0.39 is 5.97 Å². The Labute approximate surface area is 89.3 Å². The summed E-state index contributed by atoms with van der Waals surface area (Å²) >= 11 is 0. The summed E-state index contributed by atoms with van der Waals surface area (Å²) < 4.78 is 5.13. The van der Waals surface area contributed by atoms with E-state index in [1.54, 1.807) is 0 Å². The van der Waals surface area contributed by atoms with Crippen LogP contribution in [0.25, 0.3) is 0 Å². The van der Waals surface area contributed by atoms with Gasteiger partial charge in [-0.2, -0.15) is 0 Å². The summed E-state index contributed by atoms with van der Waals surface area (Å²) in [6, 6.07) is 0. The summed E-state index contributed by atoms with van der Waals surface area (Å²) in [7, 11) is 0. The Morgan fingerprint density at radius 2 is 2.00 bits per heavy atom. The van der Waals surface area contributed by atoms with Gasteiger partial charge in [0.2, 0.25) is 5.91 Å². The standard InChI is InChI=1S/C10H18N2O3/c11-5-6-12-9(13)7-10(14)15-8-3-1-2-4-8/h8H,1-7,11H2,(H,12,13). The van der Waals surface area contributed by atoms with E-state index in [1.165, 1.54) is 0 Å². The molecule has 3 N–H and O–H groups in total. The molecule has 1 aliphatic rings. The van der Waals surface area contributed by atoms with Gasteiger partial charge in [-0.1, -0.05) is 0 Å². The van der Waals surface area contributed by atoms with E-state index in [1.807, 2.05) is 0 Å². The smallest absolute Gasteiger partial charge is 0.315 e. The number of ether oxygens (including phenoxy) is 1. The minimum atomic E-state index is -0.434. The third-order valence-corrected chi connectivity index (χ3v) is 2.37. The lowest BCUT2D eigenvalue weighted by atomic mass is 10.3. The SMILES string of the molecule is NCCNC(=O)CC(=O)OC1CCCC1. The van der Waals surface area contributed by atoms with Crippen LogP contribution >= 0.6 is 0 Å². The Bertz CT molecular complexity index is 225. The van der Waals surface area contributed by atoms with E-state index in [0.29, 0.717) is 13.1 Å². The number of carbonyl (C=O) groups is 2. The quantitative estimate of drug-likeness (QED) is 0.496. The molecule has 0 bridgehead atoms. The van der Waals surface area contributed by atoms with Crippen molar-refractivity contribution in [3.8, 4) is 0 Å². The van der Waals surface area contributed by atoms with Gasteiger partial charge in [0.05, 0.1) is 0 Å². The molecule has 1 saturated carbocycles. The fourth-order valence-corrected chi connectivity index (χ4v) is 1.64. The van der Waals surface area contributed by atoms with Crippen molar-refractivity contribution in [1.29, 1.82) is 0 Å². The second kappa shape index (κ2) is 6.40. The molecule has 0 unspecified atom stereocenters. The monoisotopic (exact) mass is 214 g/mol. The Morgan fingerprint density at radius 3 is 2.60 bits per heavy atom. The minimum Gasteiger partial charge on any atom is -0.462 e. The first-order chi connectivity index (χ1) is 7.22. The number of esters is 1. The number of rotatable bonds is 5. The van der Waals surface area contributed by atoms with E-state index in [2.05, 4.69) is 5.32 Å². The van der Waals surface area contributed by atoms with Crippen LogP contribution in [-0.2, 0) is 14.3 Å². The number of amides is 1. The van der Waals surface area contributed by atoms with Crippen LogP contribution in [0.15, 0.2) is 0 Å². The van der Waals surface area contributed by atoms with Crippen LogP contribution in [0, 0.1) is 0 Å². The summed E-state index contributed by atoms with van der Waals surface area (Å²) in [6.07, 6.45) is 3.90. The molecule has 1 fully saturated rings. The van der Waals surface area contributed by atoms with E-state index in [4.69, 9.17) is 10.5 Å². The number of hydrogen-bond acceptors (Lipinski definition) is 4. The van der Waals surface area contributed by atoms with Crippen LogP contribution in [-0.4, -0.2) is 31.1 Å². The van der Waals surface area contributed by atoms with Crippen molar-refractivity contribution in [3.05, 3.63) is 0 Å². The predicted octanol–water partition coefficient (Wildman–Crippen LogP) is -0.0628. The Morgan fingerprint density at radius 1 is 1.33 bits per heavy atom. The van der Waals surface area contributed by atoms with Crippen LogP contribution in [0.4, 0.5) is 0 Å². The van der Waals surface area contributed by atoms with Gasteiger partial charge in [0.15, 0.2) is 0 Å². The summed E-state index contributed by atoms with van der Waals surface area (Å²) in [5.41, 5.74) is 5.21. The summed E-state index contributed by atoms with van der Waals surface area (Å²) in [6.45, 7) is 0.777. The lowest BCUT2D eigenvalue weighted by Gasteiger charge is -2.10. The van der Waals surface area contributed by atoms with Crippen molar-refractivity contribution in [1.82, 2.24) is 5.32 Å². The fraction of sp³-hybridized carbons (Fsp3) is 0.800. The van der Waals surface area contributed by atoms with Gasteiger partial charge >= 0.3 is 5.97 Å². The van der Waals surface area contributed by atoms with Crippen LogP contribution < -0.4 is 11.1 Å². The average molecular weight is 214 g/mol. The Kier molecular flexibility index (Phi) is 5.10. The van der Waals surface area contributed by atoms with Crippen LogP contribution in [0.1, 0.15) is 32.1 Å². The molecule has 0 aliphatic heterocycles. The zero-order chi connectivity index (χ0) is 11.1. The third kappa shape index (κ3) is 4.78. The van der Waals surface area contributed by atoms with E-state index in [9.17, 15) is 9.59 Å². The van der Waals surface area contributed by atoms with Gasteiger partial charge < -0.3 is 15.8 Å². The minimum absolute atomic E-state index is 0.0276. The van der Waals surface area contributed by atoms with Crippen molar-refractivity contribution < 1.29 is 14.3 Å². The van der Waals surface area contributed by atoms with E-state index in [-0.39, 0.29) is 18.4 Å². The maximum atomic E-state index is 11.3. The molecule has 0 atom stereocenters. The maximum Gasteiger partial charge on any atom is 0.315 e. The highest BCUT2D eigenvalue weighted by Crippen LogP contribution is 2.21. The molecular weight excluding hydrogens is 196 g/mol. The largest absolute Gasteiger partial charge is 0.462 e. The first-order valence-electron chi connectivity index (χ1n) is 5.38. The van der Waals surface area contributed by atoms with Gasteiger partial charge in [-0.05, 0) is 25.7 Å². The number of nitrogens with two attached hydrogens (primary N) is 1. The van der Waals surface area contributed by atoms with Gasteiger partial charge in [-0.3, -0.25) is 9.59 Å². The lowest BCUT2D eigenvalue weighted by Crippen LogP contribution is -2.31. The first-order valence-corrected chi connectivity index (χ1v) is 5.38. The van der Waals surface area contributed by atoms with E-state index in [0.717, 1.165) is 25.7 Å². The molecule has 1 rings (SSSR count). The molecule has 0 aromatic rings. The second-order valence-corrected chi connectivity index (χ2v) is 3.71. The van der Waals surface area contributed by atoms with E-state index >= 15 is 0 Å². The Balaban J connectivity index is 2.14. The van der Waals surface area contributed by atoms with Gasteiger partial charge in [0.25, 0.3) is 0 Å². The highest BCUT2D eigenvalue weighted by Gasteiger charge is 2.20.